The van der Waals surface area contributed by atoms with E-state index < -0.39 is 30.3 Å². The predicted octanol–water partition coefficient (Wildman–Crippen LogP) is 1.18. The molecule has 1 atom stereocenters. The van der Waals surface area contributed by atoms with E-state index in [0.29, 0.717) is 6.42 Å². The average molecular weight is 255 g/mol. The van der Waals surface area contributed by atoms with Gasteiger partial charge in [-0.05, 0) is 18.6 Å². The molecule has 6 heteroatoms. The van der Waals surface area contributed by atoms with Crippen LogP contribution in [0, 0.1) is 5.82 Å². The normalized spacial score (nSPS) is 11.7. The van der Waals surface area contributed by atoms with Gasteiger partial charge in [-0.2, -0.15) is 0 Å². The highest BCUT2D eigenvalue weighted by Gasteiger charge is 2.19. The Morgan fingerprint density at radius 2 is 2.11 bits per heavy atom. The maximum absolute atomic E-state index is 13.3. The second-order valence-electron chi connectivity index (χ2n) is 3.56. The Balaban J connectivity index is 2.64. The molecule has 0 heterocycles. The fourth-order valence-corrected chi connectivity index (χ4v) is 1.29. The second kappa shape index (κ2) is 6.58. The summed E-state index contributed by atoms with van der Waals surface area (Å²) in [6.07, 6.45) is -0.610. The van der Waals surface area contributed by atoms with Crippen molar-refractivity contribution in [3.05, 3.63) is 30.1 Å². The Hall–Kier alpha value is -2.11. The molecule has 0 bridgehead atoms. The first-order chi connectivity index (χ1) is 8.54. The van der Waals surface area contributed by atoms with Gasteiger partial charge in [-0.25, -0.2) is 4.39 Å². The van der Waals surface area contributed by atoms with E-state index in [4.69, 9.17) is 9.84 Å². The van der Waals surface area contributed by atoms with Gasteiger partial charge in [0, 0.05) is 0 Å². The highest BCUT2D eigenvalue weighted by atomic mass is 19.1. The highest BCUT2D eigenvalue weighted by Crippen LogP contribution is 2.17. The molecule has 1 amide bonds. The van der Waals surface area contributed by atoms with Crippen molar-refractivity contribution in [1.29, 1.82) is 0 Å². The number of halogens is 1. The molecule has 0 fully saturated rings. The summed E-state index contributed by atoms with van der Waals surface area (Å²) in [6, 6.07) is 5.72. The SMILES string of the molecule is CCC(Oc1ccccc1F)C(=O)NCC(=O)O. The van der Waals surface area contributed by atoms with E-state index in [1.807, 2.05) is 0 Å². The summed E-state index contributed by atoms with van der Waals surface area (Å²) in [4.78, 5) is 21.9. The van der Waals surface area contributed by atoms with Gasteiger partial charge in [0.2, 0.25) is 0 Å². The third kappa shape index (κ3) is 4.04. The summed E-state index contributed by atoms with van der Waals surface area (Å²) >= 11 is 0. The van der Waals surface area contributed by atoms with Gasteiger partial charge < -0.3 is 15.2 Å². The van der Waals surface area contributed by atoms with Crippen LogP contribution in [0.1, 0.15) is 13.3 Å². The number of para-hydroxylation sites is 1. The van der Waals surface area contributed by atoms with Crippen LogP contribution in [0.2, 0.25) is 0 Å². The van der Waals surface area contributed by atoms with Crippen molar-refractivity contribution in [1.82, 2.24) is 5.32 Å². The summed E-state index contributed by atoms with van der Waals surface area (Å²) in [7, 11) is 0. The fraction of sp³-hybridized carbons (Fsp3) is 0.333. The van der Waals surface area contributed by atoms with Crippen LogP contribution in [0.4, 0.5) is 4.39 Å². The standard InChI is InChI=1S/C12H14FNO4/c1-2-9(12(17)14-7-11(15)16)18-10-6-4-3-5-8(10)13/h3-6,9H,2,7H2,1H3,(H,14,17)(H,15,16). The molecule has 1 unspecified atom stereocenters. The van der Waals surface area contributed by atoms with Crippen molar-refractivity contribution < 1.29 is 23.8 Å². The lowest BCUT2D eigenvalue weighted by Crippen LogP contribution is -2.40. The van der Waals surface area contributed by atoms with Crippen LogP contribution in [-0.2, 0) is 9.59 Å². The number of benzene rings is 1. The highest BCUT2D eigenvalue weighted by molar-refractivity contribution is 5.84. The minimum Gasteiger partial charge on any atom is -0.480 e. The number of amides is 1. The molecule has 1 aromatic carbocycles. The molecule has 0 aliphatic heterocycles. The van der Waals surface area contributed by atoms with Gasteiger partial charge in [-0.3, -0.25) is 9.59 Å². The second-order valence-corrected chi connectivity index (χ2v) is 3.56. The fourth-order valence-electron chi connectivity index (χ4n) is 1.29. The minimum atomic E-state index is -1.15. The summed E-state index contributed by atoms with van der Waals surface area (Å²) in [5, 5.41) is 10.6. The largest absolute Gasteiger partial charge is 0.480 e. The number of carbonyl (C=O) groups is 2. The van der Waals surface area contributed by atoms with E-state index in [1.54, 1.807) is 13.0 Å². The third-order valence-corrected chi connectivity index (χ3v) is 2.18. The Bertz CT molecular complexity index is 436. The predicted molar refractivity (Wildman–Crippen MR) is 61.8 cm³/mol. The van der Waals surface area contributed by atoms with E-state index in [1.165, 1.54) is 18.2 Å². The number of carboxylic acids is 1. The van der Waals surface area contributed by atoms with Crippen molar-refractivity contribution in [2.45, 2.75) is 19.4 Å². The van der Waals surface area contributed by atoms with Gasteiger partial charge in [-0.1, -0.05) is 19.1 Å². The van der Waals surface area contributed by atoms with Crippen molar-refractivity contribution in [2.75, 3.05) is 6.54 Å². The van der Waals surface area contributed by atoms with E-state index in [0.717, 1.165) is 0 Å². The van der Waals surface area contributed by atoms with Gasteiger partial charge >= 0.3 is 5.97 Å². The molecule has 0 radical (unpaired) electrons. The molecule has 0 aromatic heterocycles. The first-order valence-corrected chi connectivity index (χ1v) is 5.45. The lowest BCUT2D eigenvalue weighted by atomic mass is 10.2. The van der Waals surface area contributed by atoms with Crippen LogP contribution in [-0.4, -0.2) is 29.6 Å². The molecule has 5 nitrogen and oxygen atoms in total. The zero-order valence-electron chi connectivity index (χ0n) is 9.85. The molecule has 18 heavy (non-hydrogen) atoms. The van der Waals surface area contributed by atoms with E-state index in [-0.39, 0.29) is 5.75 Å². The maximum Gasteiger partial charge on any atom is 0.322 e. The summed E-state index contributed by atoms with van der Waals surface area (Å²) < 4.78 is 18.5. The molecule has 0 saturated carbocycles. The summed E-state index contributed by atoms with van der Waals surface area (Å²) in [6.45, 7) is 1.20. The van der Waals surface area contributed by atoms with Crippen LogP contribution in [0.3, 0.4) is 0 Å². The number of rotatable bonds is 6. The lowest BCUT2D eigenvalue weighted by molar-refractivity contribution is -0.139. The molecule has 0 spiro atoms. The summed E-state index contributed by atoms with van der Waals surface area (Å²) in [5.74, 6) is -2.33. The molecule has 1 aromatic rings. The van der Waals surface area contributed by atoms with Crippen LogP contribution in [0.5, 0.6) is 5.75 Å². The monoisotopic (exact) mass is 255 g/mol. The zero-order chi connectivity index (χ0) is 13.5. The zero-order valence-corrected chi connectivity index (χ0v) is 9.85. The van der Waals surface area contributed by atoms with Crippen molar-refractivity contribution in [3.63, 3.8) is 0 Å². The first-order valence-electron chi connectivity index (χ1n) is 5.45. The minimum absolute atomic E-state index is 0.0326. The molecule has 0 saturated heterocycles. The third-order valence-electron chi connectivity index (χ3n) is 2.18. The van der Waals surface area contributed by atoms with Crippen molar-refractivity contribution in [2.24, 2.45) is 0 Å². The van der Waals surface area contributed by atoms with E-state index in [2.05, 4.69) is 5.32 Å². The van der Waals surface area contributed by atoms with Crippen molar-refractivity contribution >= 4 is 11.9 Å². The Labute approximate surface area is 104 Å². The molecular weight excluding hydrogens is 241 g/mol. The number of carboxylic acid groups (broad SMARTS) is 1. The molecule has 2 N–H and O–H groups in total. The number of carbonyl (C=O) groups excluding carboxylic acids is 1. The first kappa shape index (κ1) is 14.0. The van der Waals surface area contributed by atoms with Crippen molar-refractivity contribution in [3.8, 4) is 5.75 Å². The lowest BCUT2D eigenvalue weighted by Gasteiger charge is -2.16. The Morgan fingerprint density at radius 1 is 1.44 bits per heavy atom. The number of hydrogen-bond donors (Lipinski definition) is 2. The number of nitrogens with one attached hydrogen (secondary N) is 1. The number of ether oxygens (including phenoxy) is 1. The topological polar surface area (TPSA) is 75.6 Å². The van der Waals surface area contributed by atoms with E-state index in [9.17, 15) is 14.0 Å². The van der Waals surface area contributed by atoms with Gasteiger partial charge in [0.05, 0.1) is 0 Å². The average Bonchev–Trinajstić information content (AvgIpc) is 2.35. The van der Waals surface area contributed by atoms with Crippen LogP contribution in [0.25, 0.3) is 0 Å². The quantitative estimate of drug-likeness (QED) is 0.800. The molecule has 0 aliphatic rings. The van der Waals surface area contributed by atoms with E-state index >= 15 is 0 Å². The Kier molecular flexibility index (Phi) is 5.10. The van der Waals surface area contributed by atoms with Crippen LogP contribution >= 0.6 is 0 Å². The van der Waals surface area contributed by atoms with Gasteiger partial charge in [-0.15, -0.1) is 0 Å². The smallest absolute Gasteiger partial charge is 0.322 e. The molecule has 1 rings (SSSR count). The number of aliphatic carboxylic acids is 1. The Morgan fingerprint density at radius 3 is 2.67 bits per heavy atom. The van der Waals surface area contributed by atoms with Crippen LogP contribution in [0.15, 0.2) is 24.3 Å². The van der Waals surface area contributed by atoms with Gasteiger partial charge in [0.1, 0.15) is 6.54 Å². The van der Waals surface area contributed by atoms with Crippen LogP contribution < -0.4 is 10.1 Å². The molecule has 98 valence electrons. The maximum atomic E-state index is 13.3. The molecule has 0 aliphatic carbocycles. The summed E-state index contributed by atoms with van der Waals surface area (Å²) in [5.41, 5.74) is 0. The van der Waals surface area contributed by atoms with Gasteiger partial charge in [0.25, 0.3) is 5.91 Å². The number of hydrogen-bond acceptors (Lipinski definition) is 3. The van der Waals surface area contributed by atoms with Gasteiger partial charge in [0.15, 0.2) is 17.7 Å². The molecular formula is C12H14FNO4.